The maximum atomic E-state index is 13.7. The Kier molecular flexibility index (Phi) is 7.54. The molecule has 7 nitrogen and oxygen atoms in total. The number of methoxy groups -OCH3 is 1. The van der Waals surface area contributed by atoms with Crippen molar-refractivity contribution < 1.29 is 17.9 Å². The summed E-state index contributed by atoms with van der Waals surface area (Å²) >= 11 is 0. The number of carbonyl (C=O) groups excluding carboxylic acids is 1. The molecule has 0 aromatic heterocycles. The van der Waals surface area contributed by atoms with Crippen molar-refractivity contribution in [1.29, 1.82) is 0 Å². The van der Waals surface area contributed by atoms with Crippen LogP contribution in [0.5, 0.6) is 5.75 Å². The number of rotatable bonds is 7. The Labute approximate surface area is 214 Å². The molecule has 8 heteroatoms. The molecule has 190 valence electrons. The van der Waals surface area contributed by atoms with Crippen LogP contribution in [0.15, 0.2) is 71.6 Å². The molecule has 0 saturated carbocycles. The molecule has 0 aliphatic carbocycles. The van der Waals surface area contributed by atoms with Crippen LogP contribution in [0.1, 0.15) is 16.7 Å². The Bertz CT molecular complexity index is 1330. The molecule has 0 radical (unpaired) electrons. The molecular weight excluding hydrogens is 474 g/mol. The molecule has 0 bridgehead atoms. The van der Waals surface area contributed by atoms with Gasteiger partial charge in [0.05, 0.1) is 23.4 Å². The van der Waals surface area contributed by atoms with Gasteiger partial charge < -0.3 is 14.5 Å². The van der Waals surface area contributed by atoms with Crippen LogP contribution in [-0.4, -0.2) is 59.1 Å². The highest BCUT2D eigenvalue weighted by Gasteiger charge is 2.30. The molecule has 1 heterocycles. The van der Waals surface area contributed by atoms with Gasteiger partial charge in [0.2, 0.25) is 5.91 Å². The van der Waals surface area contributed by atoms with E-state index in [2.05, 4.69) is 4.90 Å². The van der Waals surface area contributed by atoms with Crippen LogP contribution in [0.2, 0.25) is 0 Å². The summed E-state index contributed by atoms with van der Waals surface area (Å²) in [4.78, 5) is 17.5. The van der Waals surface area contributed by atoms with Gasteiger partial charge in [-0.25, -0.2) is 8.42 Å². The van der Waals surface area contributed by atoms with Crippen LogP contribution >= 0.6 is 0 Å². The second kappa shape index (κ2) is 10.6. The zero-order valence-electron chi connectivity index (χ0n) is 21.3. The minimum absolute atomic E-state index is 0.167. The summed E-state index contributed by atoms with van der Waals surface area (Å²) in [6, 6.07) is 20.0. The number of amides is 1. The molecule has 1 saturated heterocycles. The normalized spacial score (nSPS) is 14.0. The fourth-order valence-corrected chi connectivity index (χ4v) is 5.75. The van der Waals surface area contributed by atoms with Crippen molar-refractivity contribution in [3.63, 3.8) is 0 Å². The zero-order valence-corrected chi connectivity index (χ0v) is 22.1. The van der Waals surface area contributed by atoms with Gasteiger partial charge in [-0.2, -0.15) is 0 Å². The van der Waals surface area contributed by atoms with Crippen molar-refractivity contribution >= 4 is 27.3 Å². The Balaban J connectivity index is 1.56. The molecule has 1 fully saturated rings. The molecule has 0 atom stereocenters. The van der Waals surface area contributed by atoms with Crippen LogP contribution in [0.3, 0.4) is 0 Å². The SMILES string of the molecule is COc1ccccc1N1CCN(C(=O)CN(c2ccc(C)c(C)c2)S(=O)(=O)c2ccc(C)cc2)CC1. The predicted octanol–water partition coefficient (Wildman–Crippen LogP) is 4.16. The topological polar surface area (TPSA) is 70.2 Å². The summed E-state index contributed by atoms with van der Waals surface area (Å²) in [7, 11) is -2.29. The van der Waals surface area contributed by atoms with Crippen LogP contribution in [-0.2, 0) is 14.8 Å². The van der Waals surface area contributed by atoms with Gasteiger partial charge in [-0.1, -0.05) is 35.9 Å². The van der Waals surface area contributed by atoms with Crippen molar-refractivity contribution in [1.82, 2.24) is 4.90 Å². The second-order valence-electron chi connectivity index (χ2n) is 9.13. The molecule has 1 aliphatic heterocycles. The first kappa shape index (κ1) is 25.6. The van der Waals surface area contributed by atoms with Gasteiger partial charge in [-0.15, -0.1) is 0 Å². The van der Waals surface area contributed by atoms with Crippen molar-refractivity contribution in [3.8, 4) is 5.75 Å². The summed E-state index contributed by atoms with van der Waals surface area (Å²) < 4.78 is 34.1. The summed E-state index contributed by atoms with van der Waals surface area (Å²) in [5.74, 6) is 0.575. The highest BCUT2D eigenvalue weighted by molar-refractivity contribution is 7.92. The number of sulfonamides is 1. The van der Waals surface area contributed by atoms with E-state index < -0.39 is 10.0 Å². The minimum Gasteiger partial charge on any atom is -0.495 e. The van der Waals surface area contributed by atoms with Gasteiger partial charge in [0.25, 0.3) is 10.0 Å². The van der Waals surface area contributed by atoms with Crippen LogP contribution in [0.25, 0.3) is 0 Å². The fourth-order valence-electron chi connectivity index (χ4n) is 4.34. The van der Waals surface area contributed by atoms with E-state index in [1.165, 1.54) is 4.31 Å². The van der Waals surface area contributed by atoms with E-state index in [0.717, 1.165) is 28.1 Å². The summed E-state index contributed by atoms with van der Waals surface area (Å²) in [6.45, 7) is 7.85. The van der Waals surface area contributed by atoms with Crippen molar-refractivity contribution in [3.05, 3.63) is 83.4 Å². The first-order chi connectivity index (χ1) is 17.2. The lowest BCUT2D eigenvalue weighted by Crippen LogP contribution is -2.52. The third-order valence-electron chi connectivity index (χ3n) is 6.72. The Hall–Kier alpha value is -3.52. The molecule has 1 amide bonds. The molecule has 1 aliphatic rings. The lowest BCUT2D eigenvalue weighted by atomic mass is 10.1. The maximum absolute atomic E-state index is 13.7. The summed E-state index contributed by atoms with van der Waals surface area (Å²) in [5.41, 5.74) is 4.47. The molecule has 0 N–H and O–H groups in total. The largest absolute Gasteiger partial charge is 0.495 e. The highest BCUT2D eigenvalue weighted by atomic mass is 32.2. The van der Waals surface area contributed by atoms with E-state index >= 15 is 0 Å². The van der Waals surface area contributed by atoms with Gasteiger partial charge in [0.1, 0.15) is 12.3 Å². The number of benzene rings is 3. The summed E-state index contributed by atoms with van der Waals surface area (Å²) in [5, 5.41) is 0. The number of carbonyl (C=O) groups is 1. The lowest BCUT2D eigenvalue weighted by Gasteiger charge is -2.37. The minimum atomic E-state index is -3.94. The molecule has 3 aromatic rings. The predicted molar refractivity (Wildman–Crippen MR) is 143 cm³/mol. The molecule has 3 aromatic carbocycles. The van der Waals surface area contributed by atoms with Crippen molar-refractivity contribution in [2.75, 3.05) is 49.0 Å². The lowest BCUT2D eigenvalue weighted by molar-refractivity contribution is -0.129. The summed E-state index contributed by atoms with van der Waals surface area (Å²) in [6.07, 6.45) is 0. The van der Waals surface area contributed by atoms with Gasteiger partial charge in [0.15, 0.2) is 0 Å². The molecule has 0 unspecified atom stereocenters. The molecule has 36 heavy (non-hydrogen) atoms. The quantitative estimate of drug-likeness (QED) is 0.480. The number of piperazine rings is 1. The first-order valence-electron chi connectivity index (χ1n) is 12.0. The number of aryl methyl sites for hydroxylation is 3. The Morgan fingerprint density at radius 1 is 0.889 bits per heavy atom. The Morgan fingerprint density at radius 3 is 2.19 bits per heavy atom. The number of hydrogen-bond acceptors (Lipinski definition) is 5. The van der Waals surface area contributed by atoms with E-state index in [4.69, 9.17) is 4.74 Å². The number of anilines is 2. The average molecular weight is 508 g/mol. The first-order valence-corrected chi connectivity index (χ1v) is 13.5. The van der Waals surface area contributed by atoms with Gasteiger partial charge >= 0.3 is 0 Å². The highest BCUT2D eigenvalue weighted by Crippen LogP contribution is 2.29. The van der Waals surface area contributed by atoms with Gasteiger partial charge in [0, 0.05) is 26.2 Å². The smallest absolute Gasteiger partial charge is 0.264 e. The van der Waals surface area contributed by atoms with Gasteiger partial charge in [-0.3, -0.25) is 9.10 Å². The Morgan fingerprint density at radius 2 is 1.56 bits per heavy atom. The monoisotopic (exact) mass is 507 g/mol. The van der Waals surface area contributed by atoms with Crippen LogP contribution in [0.4, 0.5) is 11.4 Å². The van der Waals surface area contributed by atoms with Gasteiger partial charge in [-0.05, 0) is 68.3 Å². The van der Waals surface area contributed by atoms with Crippen LogP contribution < -0.4 is 13.9 Å². The van der Waals surface area contributed by atoms with E-state index in [9.17, 15) is 13.2 Å². The molecular formula is C28H33N3O4S. The average Bonchev–Trinajstić information content (AvgIpc) is 2.89. The van der Waals surface area contributed by atoms with Crippen molar-refractivity contribution in [2.45, 2.75) is 25.7 Å². The third kappa shape index (κ3) is 5.33. The second-order valence-corrected chi connectivity index (χ2v) is 11.0. The maximum Gasteiger partial charge on any atom is 0.264 e. The van der Waals surface area contributed by atoms with E-state index in [-0.39, 0.29) is 17.3 Å². The van der Waals surface area contributed by atoms with Crippen LogP contribution in [0, 0.1) is 20.8 Å². The number of ether oxygens (including phenoxy) is 1. The zero-order chi connectivity index (χ0) is 25.9. The molecule has 4 rings (SSSR count). The van der Waals surface area contributed by atoms with E-state index in [1.54, 1.807) is 42.3 Å². The van der Waals surface area contributed by atoms with E-state index in [1.807, 2.05) is 57.2 Å². The standard InChI is InChI=1S/C28H33N3O4S/c1-21-9-13-25(14-10-21)36(33,34)31(24-12-11-22(2)23(3)19-24)20-28(32)30-17-15-29(16-18-30)26-7-5-6-8-27(26)35-4/h5-14,19H,15-18,20H2,1-4H3. The number of para-hydroxylation sites is 2. The number of nitrogens with zero attached hydrogens (tertiary/aromatic N) is 3. The number of hydrogen-bond donors (Lipinski definition) is 0. The third-order valence-corrected chi connectivity index (χ3v) is 8.51. The molecule has 0 spiro atoms. The van der Waals surface area contributed by atoms with E-state index in [0.29, 0.717) is 31.9 Å². The fraction of sp³-hybridized carbons (Fsp3) is 0.321. The van der Waals surface area contributed by atoms with Crippen molar-refractivity contribution in [2.24, 2.45) is 0 Å².